The molecule has 1 fully saturated rings. The summed E-state index contributed by atoms with van der Waals surface area (Å²) in [5, 5.41) is 23.1. The zero-order valence-corrected chi connectivity index (χ0v) is 17.8. The first-order chi connectivity index (χ1) is 14.8. The van der Waals surface area contributed by atoms with E-state index in [0.29, 0.717) is 22.2 Å². The predicted octanol–water partition coefficient (Wildman–Crippen LogP) is 3.43. The fraction of sp³-hybridized carbons (Fsp3) is 0.381. The minimum absolute atomic E-state index is 0.122. The van der Waals surface area contributed by atoms with Gasteiger partial charge in [0, 0.05) is 19.2 Å². The van der Waals surface area contributed by atoms with Crippen molar-refractivity contribution < 1.29 is 24.4 Å². The number of ketones is 1. The zero-order valence-electron chi connectivity index (χ0n) is 17.0. The summed E-state index contributed by atoms with van der Waals surface area (Å²) < 4.78 is 5.64. The molecule has 4 rings (SSSR count). The van der Waals surface area contributed by atoms with Crippen molar-refractivity contribution >= 4 is 28.7 Å². The summed E-state index contributed by atoms with van der Waals surface area (Å²) in [6.45, 7) is 4.12. The van der Waals surface area contributed by atoms with Gasteiger partial charge in [0.1, 0.15) is 0 Å². The number of nitrogens with zero attached hydrogens (tertiary/aromatic N) is 3. The van der Waals surface area contributed by atoms with E-state index in [4.69, 9.17) is 4.74 Å². The van der Waals surface area contributed by atoms with E-state index in [-0.39, 0.29) is 29.5 Å². The molecule has 1 aromatic carbocycles. The van der Waals surface area contributed by atoms with Crippen LogP contribution in [-0.4, -0.2) is 50.9 Å². The number of carbonyl (C=O) groups excluding carboxylic acids is 2. The smallest absolute Gasteiger partial charge is 0.290 e. The number of carbonyl (C=O) groups is 2. The van der Waals surface area contributed by atoms with Crippen molar-refractivity contribution in [3.05, 3.63) is 66.9 Å². The SMILES string of the molecule is Cc1nc(C)c(C(=O)C2=C(O)C(=O)N(CC3CCCO3)C2c2ccccc2[N+](=O)[O-])s1. The molecule has 2 unspecified atom stereocenters. The number of benzene rings is 1. The first-order valence-corrected chi connectivity index (χ1v) is 10.7. The second-order valence-corrected chi connectivity index (χ2v) is 8.75. The maximum Gasteiger partial charge on any atom is 0.290 e. The summed E-state index contributed by atoms with van der Waals surface area (Å²) in [4.78, 5) is 43.5. The molecule has 2 atom stereocenters. The van der Waals surface area contributed by atoms with Crippen LogP contribution in [0.1, 0.15) is 44.8 Å². The monoisotopic (exact) mass is 443 g/mol. The van der Waals surface area contributed by atoms with E-state index in [1.54, 1.807) is 19.9 Å². The molecule has 0 aliphatic carbocycles. The van der Waals surface area contributed by atoms with Crippen molar-refractivity contribution in [1.29, 1.82) is 0 Å². The maximum absolute atomic E-state index is 13.5. The van der Waals surface area contributed by atoms with Crippen LogP contribution >= 0.6 is 11.3 Å². The Morgan fingerprint density at radius 2 is 2.13 bits per heavy atom. The minimum Gasteiger partial charge on any atom is -0.503 e. The van der Waals surface area contributed by atoms with Gasteiger partial charge in [-0.1, -0.05) is 12.1 Å². The molecule has 0 spiro atoms. The zero-order chi connectivity index (χ0) is 22.3. The molecule has 1 N–H and O–H groups in total. The second-order valence-electron chi connectivity index (χ2n) is 7.55. The highest BCUT2D eigenvalue weighted by Gasteiger charge is 2.47. The number of aryl methyl sites for hydroxylation is 2. The number of rotatable bonds is 6. The normalized spacial score (nSPS) is 21.2. The number of ether oxygens (including phenoxy) is 1. The number of amides is 1. The average Bonchev–Trinajstić information content (AvgIpc) is 3.43. The Balaban J connectivity index is 1.85. The molecule has 2 aromatic rings. The Kier molecular flexibility index (Phi) is 5.59. The third kappa shape index (κ3) is 3.72. The summed E-state index contributed by atoms with van der Waals surface area (Å²) in [6, 6.07) is 4.87. The molecule has 10 heteroatoms. The minimum atomic E-state index is -1.09. The van der Waals surface area contributed by atoms with Crippen LogP contribution in [0.3, 0.4) is 0 Å². The van der Waals surface area contributed by atoms with Gasteiger partial charge in [0.05, 0.1) is 43.8 Å². The van der Waals surface area contributed by atoms with Gasteiger partial charge in [0.2, 0.25) is 5.78 Å². The number of aliphatic hydroxyl groups is 1. The van der Waals surface area contributed by atoms with Gasteiger partial charge in [-0.2, -0.15) is 0 Å². The van der Waals surface area contributed by atoms with Gasteiger partial charge in [-0.25, -0.2) is 4.98 Å². The third-order valence-corrected chi connectivity index (χ3v) is 6.58. The number of Topliss-reactive ketones (excluding diaryl/α,β-unsaturated/α-hetero) is 1. The number of nitro groups is 1. The van der Waals surface area contributed by atoms with E-state index in [1.165, 1.54) is 23.1 Å². The Hall–Kier alpha value is -3.11. The van der Waals surface area contributed by atoms with Gasteiger partial charge in [-0.3, -0.25) is 19.7 Å². The topological polar surface area (TPSA) is 123 Å². The van der Waals surface area contributed by atoms with Gasteiger partial charge in [0.25, 0.3) is 11.6 Å². The Bertz CT molecular complexity index is 1100. The summed E-state index contributed by atoms with van der Waals surface area (Å²) in [6.07, 6.45) is 1.31. The van der Waals surface area contributed by atoms with Crippen molar-refractivity contribution in [3.8, 4) is 0 Å². The van der Waals surface area contributed by atoms with Crippen LogP contribution in [0.4, 0.5) is 5.69 Å². The molecule has 2 aliphatic rings. The van der Waals surface area contributed by atoms with Gasteiger partial charge < -0.3 is 14.7 Å². The number of aromatic nitrogens is 1. The molecule has 1 saturated heterocycles. The molecule has 1 amide bonds. The highest BCUT2D eigenvalue weighted by molar-refractivity contribution is 7.14. The van der Waals surface area contributed by atoms with Crippen LogP contribution in [0.25, 0.3) is 0 Å². The molecule has 1 aromatic heterocycles. The summed E-state index contributed by atoms with van der Waals surface area (Å²) in [5.74, 6) is -1.97. The van der Waals surface area contributed by atoms with E-state index in [9.17, 15) is 24.8 Å². The number of thiazole rings is 1. The standard InChI is InChI=1S/C21H21N3O6S/c1-11-20(31-12(2)22-11)18(25)16-17(14-7-3-4-8-15(14)24(28)29)23(21(27)19(16)26)10-13-6-5-9-30-13/h3-4,7-8,13,17,26H,5-6,9-10H2,1-2H3. The molecule has 0 bridgehead atoms. The van der Waals surface area contributed by atoms with E-state index < -0.39 is 28.4 Å². The van der Waals surface area contributed by atoms with E-state index in [0.717, 1.165) is 24.2 Å². The van der Waals surface area contributed by atoms with Crippen LogP contribution in [0.5, 0.6) is 0 Å². The van der Waals surface area contributed by atoms with E-state index in [1.807, 2.05) is 0 Å². The maximum atomic E-state index is 13.5. The number of hydrogen-bond donors (Lipinski definition) is 1. The van der Waals surface area contributed by atoms with Crippen molar-refractivity contribution in [2.75, 3.05) is 13.2 Å². The lowest BCUT2D eigenvalue weighted by molar-refractivity contribution is -0.385. The van der Waals surface area contributed by atoms with Gasteiger partial charge in [0.15, 0.2) is 5.76 Å². The molecule has 31 heavy (non-hydrogen) atoms. The molecule has 0 radical (unpaired) electrons. The van der Waals surface area contributed by atoms with Crippen LogP contribution in [-0.2, 0) is 9.53 Å². The predicted molar refractivity (Wildman–Crippen MR) is 112 cm³/mol. The summed E-state index contributed by atoms with van der Waals surface area (Å²) in [5.41, 5.74) is 0.267. The Labute approximate surface area is 182 Å². The van der Waals surface area contributed by atoms with E-state index in [2.05, 4.69) is 4.98 Å². The van der Waals surface area contributed by atoms with Crippen molar-refractivity contribution in [3.63, 3.8) is 0 Å². The van der Waals surface area contributed by atoms with Crippen LogP contribution in [0.2, 0.25) is 0 Å². The molecule has 0 saturated carbocycles. The number of nitro benzene ring substituents is 1. The van der Waals surface area contributed by atoms with E-state index >= 15 is 0 Å². The van der Waals surface area contributed by atoms with Crippen molar-refractivity contribution in [2.24, 2.45) is 0 Å². The Morgan fingerprint density at radius 1 is 1.39 bits per heavy atom. The number of para-hydroxylation sites is 1. The summed E-state index contributed by atoms with van der Waals surface area (Å²) >= 11 is 1.16. The fourth-order valence-corrected chi connectivity index (χ4v) is 5.03. The Morgan fingerprint density at radius 3 is 2.74 bits per heavy atom. The number of aliphatic hydroxyl groups excluding tert-OH is 1. The lowest BCUT2D eigenvalue weighted by atomic mass is 9.93. The van der Waals surface area contributed by atoms with Crippen molar-refractivity contribution in [2.45, 2.75) is 38.8 Å². The molecular weight excluding hydrogens is 422 g/mol. The average molecular weight is 443 g/mol. The van der Waals surface area contributed by atoms with Gasteiger partial charge >= 0.3 is 0 Å². The van der Waals surface area contributed by atoms with Gasteiger partial charge in [-0.15, -0.1) is 11.3 Å². The lowest BCUT2D eigenvalue weighted by Crippen LogP contribution is -2.37. The first kappa shape index (κ1) is 21.1. The quantitative estimate of drug-likeness (QED) is 0.412. The van der Waals surface area contributed by atoms with Crippen LogP contribution < -0.4 is 0 Å². The highest BCUT2D eigenvalue weighted by Crippen LogP contribution is 2.43. The highest BCUT2D eigenvalue weighted by atomic mass is 32.1. The third-order valence-electron chi connectivity index (χ3n) is 5.51. The van der Waals surface area contributed by atoms with Crippen LogP contribution in [0, 0.1) is 24.0 Å². The van der Waals surface area contributed by atoms with Crippen molar-refractivity contribution in [1.82, 2.24) is 9.88 Å². The molecule has 9 nitrogen and oxygen atoms in total. The first-order valence-electron chi connectivity index (χ1n) is 9.87. The van der Waals surface area contributed by atoms with Gasteiger partial charge in [-0.05, 0) is 32.8 Å². The largest absolute Gasteiger partial charge is 0.503 e. The number of hydrogen-bond acceptors (Lipinski definition) is 8. The summed E-state index contributed by atoms with van der Waals surface area (Å²) in [7, 11) is 0. The fourth-order valence-electron chi connectivity index (χ4n) is 4.15. The van der Waals surface area contributed by atoms with Crippen LogP contribution in [0.15, 0.2) is 35.6 Å². The molecule has 162 valence electrons. The molecule has 2 aliphatic heterocycles. The lowest BCUT2D eigenvalue weighted by Gasteiger charge is -2.28. The molecule has 3 heterocycles. The second kappa shape index (κ2) is 8.20. The molecular formula is C21H21N3O6S.